The molecule has 1 aliphatic rings. The number of anilines is 1. The minimum absolute atomic E-state index is 0.258. The molecule has 1 heterocycles. The van der Waals surface area contributed by atoms with E-state index in [1.165, 1.54) is 0 Å². The summed E-state index contributed by atoms with van der Waals surface area (Å²) >= 11 is 6.78. The van der Waals surface area contributed by atoms with Crippen molar-refractivity contribution < 1.29 is 24.1 Å². The van der Waals surface area contributed by atoms with Crippen molar-refractivity contribution in [3.05, 3.63) is 26.6 Å². The molecule has 2 rings (SSSR count). The standard InChI is InChI=1S/C13H15Br2NO5/c1-2-19-12(18)16-10-6-8(14)5-9(15)11(10)13(7-17)20-3-4-21-13/h5-6,17H,2-4,7H2,1H3,(H,16,18). The van der Waals surface area contributed by atoms with Gasteiger partial charge in [0.15, 0.2) is 0 Å². The Morgan fingerprint density at radius 1 is 1.43 bits per heavy atom. The minimum Gasteiger partial charge on any atom is -0.450 e. The van der Waals surface area contributed by atoms with Crippen LogP contribution in [0.2, 0.25) is 0 Å². The molecule has 0 unspecified atom stereocenters. The molecule has 1 aromatic carbocycles. The molecule has 0 saturated carbocycles. The Bertz CT molecular complexity index is 532. The van der Waals surface area contributed by atoms with Crippen molar-refractivity contribution in [3.63, 3.8) is 0 Å². The van der Waals surface area contributed by atoms with Gasteiger partial charge in [-0.3, -0.25) is 5.32 Å². The van der Waals surface area contributed by atoms with Gasteiger partial charge < -0.3 is 19.3 Å². The summed E-state index contributed by atoms with van der Waals surface area (Å²) < 4.78 is 17.4. The summed E-state index contributed by atoms with van der Waals surface area (Å²) in [4.78, 5) is 11.7. The number of amides is 1. The molecule has 2 N–H and O–H groups in total. The van der Waals surface area contributed by atoms with Crippen molar-refractivity contribution in [3.8, 4) is 0 Å². The summed E-state index contributed by atoms with van der Waals surface area (Å²) in [5, 5.41) is 12.3. The lowest BCUT2D eigenvalue weighted by Crippen LogP contribution is -2.33. The van der Waals surface area contributed by atoms with Gasteiger partial charge in [0, 0.05) is 8.95 Å². The molecule has 8 heteroatoms. The first-order valence-corrected chi connectivity index (χ1v) is 7.93. The Balaban J connectivity index is 2.45. The van der Waals surface area contributed by atoms with Crippen molar-refractivity contribution >= 4 is 43.6 Å². The summed E-state index contributed by atoms with van der Waals surface area (Å²) in [7, 11) is 0. The number of rotatable bonds is 4. The molecule has 0 atom stereocenters. The quantitative estimate of drug-likeness (QED) is 0.776. The zero-order valence-corrected chi connectivity index (χ0v) is 14.5. The number of ether oxygens (including phenoxy) is 3. The van der Waals surface area contributed by atoms with Crippen molar-refractivity contribution in [1.82, 2.24) is 0 Å². The number of carbonyl (C=O) groups excluding carboxylic acids is 1. The maximum atomic E-state index is 11.7. The van der Waals surface area contributed by atoms with Crippen LogP contribution in [-0.2, 0) is 20.0 Å². The van der Waals surface area contributed by atoms with E-state index in [0.29, 0.717) is 28.9 Å². The monoisotopic (exact) mass is 423 g/mol. The predicted molar refractivity (Wildman–Crippen MR) is 83.2 cm³/mol. The molecule has 116 valence electrons. The Morgan fingerprint density at radius 2 is 2.10 bits per heavy atom. The smallest absolute Gasteiger partial charge is 0.411 e. The van der Waals surface area contributed by atoms with E-state index in [9.17, 15) is 9.90 Å². The summed E-state index contributed by atoms with van der Waals surface area (Å²) in [5.74, 6) is -1.30. The van der Waals surface area contributed by atoms with E-state index in [-0.39, 0.29) is 13.2 Å². The van der Waals surface area contributed by atoms with Crippen LogP contribution in [0.15, 0.2) is 21.1 Å². The third-order valence-corrected chi connectivity index (χ3v) is 3.99. The van der Waals surface area contributed by atoms with Gasteiger partial charge in [-0.1, -0.05) is 31.9 Å². The zero-order chi connectivity index (χ0) is 15.5. The SMILES string of the molecule is CCOC(=O)Nc1cc(Br)cc(Br)c1C1(CO)OCCO1. The Kier molecular flexibility index (Phi) is 5.61. The Labute approximate surface area is 139 Å². The Morgan fingerprint density at radius 3 is 2.67 bits per heavy atom. The van der Waals surface area contributed by atoms with Crippen LogP contribution in [0.5, 0.6) is 0 Å². The normalized spacial score (nSPS) is 16.8. The lowest BCUT2D eigenvalue weighted by atomic mass is 10.0. The van der Waals surface area contributed by atoms with Crippen molar-refractivity contribution in [2.75, 3.05) is 31.7 Å². The number of hydrogen-bond donors (Lipinski definition) is 2. The lowest BCUT2D eigenvalue weighted by Gasteiger charge is -2.29. The fourth-order valence-electron chi connectivity index (χ4n) is 2.11. The van der Waals surface area contributed by atoms with Crippen LogP contribution >= 0.6 is 31.9 Å². The number of nitrogens with one attached hydrogen (secondary N) is 1. The van der Waals surface area contributed by atoms with E-state index in [2.05, 4.69) is 37.2 Å². The highest BCUT2D eigenvalue weighted by molar-refractivity contribution is 9.11. The molecule has 1 fully saturated rings. The number of aliphatic hydroxyl groups is 1. The van der Waals surface area contributed by atoms with E-state index < -0.39 is 11.9 Å². The second kappa shape index (κ2) is 7.06. The minimum atomic E-state index is -1.30. The van der Waals surface area contributed by atoms with Crippen LogP contribution in [0.1, 0.15) is 12.5 Å². The first kappa shape index (κ1) is 16.7. The summed E-state index contributed by atoms with van der Waals surface area (Å²) in [6, 6.07) is 3.48. The van der Waals surface area contributed by atoms with Crippen LogP contribution in [0, 0.1) is 0 Å². The number of benzene rings is 1. The first-order chi connectivity index (χ1) is 10.0. The molecule has 1 saturated heterocycles. The number of halogens is 2. The van der Waals surface area contributed by atoms with Gasteiger partial charge in [-0.05, 0) is 19.1 Å². The first-order valence-electron chi connectivity index (χ1n) is 6.34. The molecule has 1 aliphatic heterocycles. The number of hydrogen-bond acceptors (Lipinski definition) is 5. The molecule has 6 nitrogen and oxygen atoms in total. The van der Waals surface area contributed by atoms with Crippen LogP contribution in [-0.4, -0.2) is 37.6 Å². The van der Waals surface area contributed by atoms with E-state index >= 15 is 0 Å². The van der Waals surface area contributed by atoms with Gasteiger partial charge in [-0.15, -0.1) is 0 Å². The van der Waals surface area contributed by atoms with Crippen LogP contribution in [0.4, 0.5) is 10.5 Å². The van der Waals surface area contributed by atoms with E-state index in [1.54, 1.807) is 19.1 Å². The van der Waals surface area contributed by atoms with E-state index in [4.69, 9.17) is 14.2 Å². The predicted octanol–water partition coefficient (Wildman–Crippen LogP) is 2.97. The van der Waals surface area contributed by atoms with Crippen molar-refractivity contribution in [2.24, 2.45) is 0 Å². The fraction of sp³-hybridized carbons (Fsp3) is 0.462. The highest BCUT2D eigenvalue weighted by Gasteiger charge is 2.42. The van der Waals surface area contributed by atoms with Gasteiger partial charge in [-0.25, -0.2) is 4.79 Å². The molecular formula is C13H15Br2NO5. The molecule has 0 spiro atoms. The molecule has 0 aliphatic carbocycles. The van der Waals surface area contributed by atoms with Gasteiger partial charge in [0.2, 0.25) is 5.79 Å². The fourth-order valence-corrected chi connectivity index (χ4v) is 3.63. The average molecular weight is 425 g/mol. The molecule has 1 aromatic rings. The van der Waals surface area contributed by atoms with Gasteiger partial charge in [0.25, 0.3) is 0 Å². The largest absolute Gasteiger partial charge is 0.450 e. The lowest BCUT2D eigenvalue weighted by molar-refractivity contribution is -0.191. The van der Waals surface area contributed by atoms with Crippen LogP contribution < -0.4 is 5.32 Å². The van der Waals surface area contributed by atoms with Crippen LogP contribution in [0.3, 0.4) is 0 Å². The number of aliphatic hydroxyl groups excluding tert-OH is 1. The topological polar surface area (TPSA) is 77.0 Å². The highest BCUT2D eigenvalue weighted by Crippen LogP contribution is 2.42. The third-order valence-electron chi connectivity index (χ3n) is 2.91. The maximum Gasteiger partial charge on any atom is 0.411 e. The van der Waals surface area contributed by atoms with Crippen molar-refractivity contribution in [1.29, 1.82) is 0 Å². The van der Waals surface area contributed by atoms with Gasteiger partial charge in [-0.2, -0.15) is 0 Å². The summed E-state index contributed by atoms with van der Waals surface area (Å²) in [5.41, 5.74) is 0.949. The molecule has 0 aromatic heterocycles. The number of carbonyl (C=O) groups is 1. The highest BCUT2D eigenvalue weighted by atomic mass is 79.9. The van der Waals surface area contributed by atoms with Gasteiger partial charge in [0.1, 0.15) is 6.61 Å². The maximum absolute atomic E-state index is 11.7. The molecule has 0 radical (unpaired) electrons. The molecule has 1 amide bonds. The second-order valence-electron chi connectivity index (χ2n) is 4.26. The molecular weight excluding hydrogens is 410 g/mol. The van der Waals surface area contributed by atoms with Crippen LogP contribution in [0.25, 0.3) is 0 Å². The Hall–Kier alpha value is -0.670. The van der Waals surface area contributed by atoms with Gasteiger partial charge >= 0.3 is 6.09 Å². The second-order valence-corrected chi connectivity index (χ2v) is 6.03. The van der Waals surface area contributed by atoms with Crippen molar-refractivity contribution in [2.45, 2.75) is 12.7 Å². The summed E-state index contributed by atoms with van der Waals surface area (Å²) in [6.07, 6.45) is -0.588. The summed E-state index contributed by atoms with van der Waals surface area (Å²) in [6.45, 7) is 2.33. The zero-order valence-electron chi connectivity index (χ0n) is 11.3. The van der Waals surface area contributed by atoms with Gasteiger partial charge in [0.05, 0.1) is 31.1 Å². The average Bonchev–Trinajstić information content (AvgIpc) is 2.88. The molecule has 0 bridgehead atoms. The van der Waals surface area contributed by atoms with E-state index in [1.807, 2.05) is 0 Å². The molecule has 21 heavy (non-hydrogen) atoms. The van der Waals surface area contributed by atoms with E-state index in [0.717, 1.165) is 4.47 Å². The third kappa shape index (κ3) is 3.57.